The molecule has 4 rings (SSSR count). The van der Waals surface area contributed by atoms with E-state index in [0.29, 0.717) is 5.01 Å². The molecule has 4 aromatic rings. The van der Waals surface area contributed by atoms with Crippen molar-refractivity contribution in [3.05, 3.63) is 94.8 Å². The average molecular weight is 395 g/mol. The van der Waals surface area contributed by atoms with E-state index in [2.05, 4.69) is 58.0 Å². The topological polar surface area (TPSA) is 61.1 Å². The van der Waals surface area contributed by atoms with Crippen LogP contribution in [0.5, 0.6) is 0 Å². The molecule has 1 aromatic heterocycles. The number of thiazole rings is 1. The molecule has 0 bridgehead atoms. The van der Waals surface area contributed by atoms with Gasteiger partial charge in [-0.2, -0.15) is 10.4 Å². The first-order valence-electron chi connectivity index (χ1n) is 9.15. The fourth-order valence-corrected chi connectivity index (χ4v) is 3.61. The largest absolute Gasteiger partial charge is 0.277 e. The van der Waals surface area contributed by atoms with Gasteiger partial charge in [-0.3, -0.25) is 5.43 Å². The molecule has 5 heteroatoms. The highest BCUT2D eigenvalue weighted by molar-refractivity contribution is 7.12. The second-order valence-corrected chi connectivity index (χ2v) is 7.39. The van der Waals surface area contributed by atoms with Gasteiger partial charge >= 0.3 is 0 Å². The lowest BCUT2D eigenvalue weighted by Gasteiger charge is -2.03. The number of nitriles is 1. The summed E-state index contributed by atoms with van der Waals surface area (Å²) in [6.45, 7) is 2.03. The van der Waals surface area contributed by atoms with E-state index >= 15 is 0 Å². The highest BCUT2D eigenvalue weighted by Gasteiger charge is 2.11. The third-order valence-corrected chi connectivity index (χ3v) is 5.30. The van der Waals surface area contributed by atoms with E-state index in [0.717, 1.165) is 22.5 Å². The SMILES string of the molecule is Cc1ccc(N/N=C(/C#N)c2nc(-c3ccc(-c4ccccc4)cc3)cs2)cc1. The third-order valence-electron chi connectivity index (χ3n) is 4.45. The van der Waals surface area contributed by atoms with Gasteiger partial charge in [0.1, 0.15) is 6.07 Å². The monoisotopic (exact) mass is 394 g/mol. The first-order valence-corrected chi connectivity index (χ1v) is 10.0. The molecule has 0 unspecified atom stereocenters. The summed E-state index contributed by atoms with van der Waals surface area (Å²) in [6, 6.07) is 28.5. The molecular weight excluding hydrogens is 376 g/mol. The standard InChI is InChI=1S/C24H18N4S/c1-17-7-13-21(14-8-17)27-28-22(15-25)24-26-23(16-29-24)20-11-9-19(10-12-20)18-5-3-2-4-6-18/h2-14,16,27H,1H3/b28-22-. The molecule has 0 saturated carbocycles. The molecule has 0 radical (unpaired) electrons. The zero-order valence-corrected chi connectivity index (χ0v) is 16.6. The molecule has 0 atom stereocenters. The summed E-state index contributed by atoms with van der Waals surface area (Å²) in [7, 11) is 0. The lowest BCUT2D eigenvalue weighted by molar-refractivity contribution is 1.30. The second kappa shape index (κ2) is 8.51. The van der Waals surface area contributed by atoms with Gasteiger partial charge in [0.2, 0.25) is 0 Å². The van der Waals surface area contributed by atoms with E-state index in [1.165, 1.54) is 22.5 Å². The predicted molar refractivity (Wildman–Crippen MR) is 120 cm³/mol. The molecule has 1 heterocycles. The van der Waals surface area contributed by atoms with E-state index in [1.54, 1.807) is 0 Å². The Morgan fingerprint density at radius 3 is 2.24 bits per heavy atom. The van der Waals surface area contributed by atoms with Gasteiger partial charge in [-0.05, 0) is 30.2 Å². The van der Waals surface area contributed by atoms with Gasteiger partial charge in [0, 0.05) is 10.9 Å². The molecule has 1 N–H and O–H groups in total. The minimum Gasteiger partial charge on any atom is -0.277 e. The van der Waals surface area contributed by atoms with Crippen molar-refractivity contribution in [1.82, 2.24) is 4.98 Å². The summed E-state index contributed by atoms with van der Waals surface area (Å²) >= 11 is 1.41. The van der Waals surface area contributed by atoms with Crippen molar-refractivity contribution < 1.29 is 0 Å². The molecule has 140 valence electrons. The Balaban J connectivity index is 1.53. The molecule has 29 heavy (non-hydrogen) atoms. The molecule has 0 amide bonds. The Morgan fingerprint density at radius 2 is 1.55 bits per heavy atom. The fraction of sp³-hybridized carbons (Fsp3) is 0.0417. The maximum atomic E-state index is 9.49. The zero-order valence-electron chi connectivity index (χ0n) is 15.8. The lowest BCUT2D eigenvalue weighted by Crippen LogP contribution is -2.01. The van der Waals surface area contributed by atoms with E-state index in [-0.39, 0.29) is 5.71 Å². The van der Waals surface area contributed by atoms with Crippen LogP contribution < -0.4 is 5.43 Å². The molecule has 0 fully saturated rings. The third kappa shape index (κ3) is 4.40. The van der Waals surface area contributed by atoms with Gasteiger partial charge in [0.25, 0.3) is 0 Å². The van der Waals surface area contributed by atoms with Crippen molar-refractivity contribution in [3.63, 3.8) is 0 Å². The lowest BCUT2D eigenvalue weighted by atomic mass is 10.0. The smallest absolute Gasteiger partial charge is 0.196 e. The maximum Gasteiger partial charge on any atom is 0.196 e. The first-order chi connectivity index (χ1) is 14.2. The number of rotatable bonds is 5. The predicted octanol–water partition coefficient (Wildman–Crippen LogP) is 6.13. The highest BCUT2D eigenvalue weighted by atomic mass is 32.1. The van der Waals surface area contributed by atoms with Crippen molar-refractivity contribution in [2.45, 2.75) is 6.92 Å². The molecule has 0 aliphatic heterocycles. The Kier molecular flexibility index (Phi) is 5.46. The highest BCUT2D eigenvalue weighted by Crippen LogP contribution is 2.26. The number of hydrogen-bond donors (Lipinski definition) is 1. The Hall–Kier alpha value is -3.75. The number of hydrogen-bond acceptors (Lipinski definition) is 5. The minimum absolute atomic E-state index is 0.266. The number of nitrogens with zero attached hydrogens (tertiary/aromatic N) is 3. The molecule has 0 spiro atoms. The van der Waals surface area contributed by atoms with Crippen LogP contribution in [0, 0.1) is 18.3 Å². The van der Waals surface area contributed by atoms with Crippen molar-refractivity contribution in [3.8, 4) is 28.5 Å². The quantitative estimate of drug-likeness (QED) is 0.327. The van der Waals surface area contributed by atoms with Crippen LogP contribution in [0.1, 0.15) is 10.6 Å². The minimum atomic E-state index is 0.266. The van der Waals surface area contributed by atoms with Crippen molar-refractivity contribution in [1.29, 1.82) is 5.26 Å². The summed E-state index contributed by atoms with van der Waals surface area (Å²) in [5.41, 5.74) is 9.38. The van der Waals surface area contributed by atoms with Gasteiger partial charge in [0.05, 0.1) is 11.4 Å². The van der Waals surface area contributed by atoms with E-state index in [9.17, 15) is 5.26 Å². The summed E-state index contributed by atoms with van der Waals surface area (Å²) in [6.07, 6.45) is 0. The number of anilines is 1. The summed E-state index contributed by atoms with van der Waals surface area (Å²) < 4.78 is 0. The molecule has 0 aliphatic rings. The summed E-state index contributed by atoms with van der Waals surface area (Å²) in [5.74, 6) is 0. The van der Waals surface area contributed by atoms with Crippen LogP contribution in [-0.4, -0.2) is 10.7 Å². The molecule has 3 aromatic carbocycles. The van der Waals surface area contributed by atoms with Crippen molar-refractivity contribution in [2.75, 3.05) is 5.43 Å². The normalized spacial score (nSPS) is 11.1. The van der Waals surface area contributed by atoms with Crippen molar-refractivity contribution >= 4 is 22.7 Å². The van der Waals surface area contributed by atoms with Gasteiger partial charge in [-0.15, -0.1) is 11.3 Å². The van der Waals surface area contributed by atoms with Gasteiger partial charge < -0.3 is 0 Å². The number of hydrazone groups is 1. The number of aromatic nitrogens is 1. The summed E-state index contributed by atoms with van der Waals surface area (Å²) in [5, 5.41) is 16.3. The van der Waals surface area contributed by atoms with Crippen LogP contribution in [0.2, 0.25) is 0 Å². The van der Waals surface area contributed by atoms with Crippen LogP contribution in [0.25, 0.3) is 22.4 Å². The molecule has 0 aliphatic carbocycles. The number of benzene rings is 3. The first kappa shape index (κ1) is 18.6. The van der Waals surface area contributed by atoms with E-state index < -0.39 is 0 Å². The van der Waals surface area contributed by atoms with Crippen LogP contribution >= 0.6 is 11.3 Å². The average Bonchev–Trinajstić information content (AvgIpc) is 3.26. The van der Waals surface area contributed by atoms with Crippen molar-refractivity contribution in [2.24, 2.45) is 5.10 Å². The summed E-state index contributed by atoms with van der Waals surface area (Å²) in [4.78, 5) is 4.61. The van der Waals surface area contributed by atoms with Gasteiger partial charge in [0.15, 0.2) is 10.7 Å². The van der Waals surface area contributed by atoms with Crippen LogP contribution in [0.15, 0.2) is 89.3 Å². The molecular formula is C24H18N4S. The van der Waals surface area contributed by atoms with Crippen LogP contribution in [0.4, 0.5) is 5.69 Å². The fourth-order valence-electron chi connectivity index (χ4n) is 2.85. The van der Waals surface area contributed by atoms with Crippen LogP contribution in [-0.2, 0) is 0 Å². The van der Waals surface area contributed by atoms with E-state index in [1.807, 2.05) is 54.8 Å². The van der Waals surface area contributed by atoms with E-state index in [4.69, 9.17) is 0 Å². The number of aryl methyl sites for hydroxylation is 1. The Bertz CT molecular complexity index is 1170. The zero-order chi connectivity index (χ0) is 20.1. The maximum absolute atomic E-state index is 9.49. The second-order valence-electron chi connectivity index (χ2n) is 6.53. The van der Waals surface area contributed by atoms with Gasteiger partial charge in [-0.25, -0.2) is 4.98 Å². The molecule has 0 saturated heterocycles. The Labute approximate surface area is 173 Å². The van der Waals surface area contributed by atoms with Gasteiger partial charge in [-0.1, -0.05) is 72.3 Å². The number of nitrogens with one attached hydrogen (secondary N) is 1. The van der Waals surface area contributed by atoms with Crippen LogP contribution in [0.3, 0.4) is 0 Å². The Morgan fingerprint density at radius 1 is 0.897 bits per heavy atom. The molecule has 4 nitrogen and oxygen atoms in total.